The first kappa shape index (κ1) is 31.7. The molecule has 0 aliphatic carbocycles. The van der Waals surface area contributed by atoms with Crippen molar-refractivity contribution < 1.29 is 14.7 Å². The smallest absolute Gasteiger partial charge is 0.234 e. The van der Waals surface area contributed by atoms with Gasteiger partial charge in [-0.2, -0.15) is 0 Å². The number of piperazine rings is 2. The molecule has 2 heterocycles. The van der Waals surface area contributed by atoms with Crippen LogP contribution < -0.4 is 0 Å². The predicted molar refractivity (Wildman–Crippen MR) is 182 cm³/mol. The molecule has 0 spiro atoms. The predicted octanol–water partition coefficient (Wildman–Crippen LogP) is 4.30. The van der Waals surface area contributed by atoms with Crippen molar-refractivity contribution in [1.29, 1.82) is 0 Å². The van der Waals surface area contributed by atoms with E-state index in [1.807, 2.05) is 131 Å². The van der Waals surface area contributed by atoms with Gasteiger partial charge in [0.05, 0.1) is 17.9 Å². The second-order valence-corrected chi connectivity index (χ2v) is 12.4. The summed E-state index contributed by atoms with van der Waals surface area (Å²) in [6.07, 6.45) is -0.493. The Hall–Kier alpha value is -4.30. The first-order valence-corrected chi connectivity index (χ1v) is 16.5. The number of β-amino-alcohol motifs (C(OH)–C–C–N with tert-alkyl or cyclic N) is 1. The van der Waals surface area contributed by atoms with Crippen LogP contribution >= 0.6 is 0 Å². The Kier molecular flexibility index (Phi) is 10.6. The van der Waals surface area contributed by atoms with Crippen molar-refractivity contribution >= 4 is 11.8 Å². The number of hydrogen-bond acceptors (Lipinski definition) is 5. The van der Waals surface area contributed by atoms with Crippen LogP contribution in [-0.4, -0.2) is 108 Å². The van der Waals surface area contributed by atoms with Gasteiger partial charge in [-0.25, -0.2) is 0 Å². The molecule has 7 heteroatoms. The molecular weight excluding hydrogens is 572 g/mol. The minimum Gasteiger partial charge on any atom is -0.390 e. The quantitative estimate of drug-likeness (QED) is 0.288. The maximum absolute atomic E-state index is 13.8. The third kappa shape index (κ3) is 7.73. The zero-order chi connectivity index (χ0) is 31.7. The monoisotopic (exact) mass is 616 g/mol. The second-order valence-electron chi connectivity index (χ2n) is 12.4. The van der Waals surface area contributed by atoms with Crippen molar-refractivity contribution in [2.24, 2.45) is 0 Å². The van der Waals surface area contributed by atoms with Gasteiger partial charge in [0.2, 0.25) is 11.8 Å². The average Bonchev–Trinajstić information content (AvgIpc) is 3.11. The molecule has 46 heavy (non-hydrogen) atoms. The Morgan fingerprint density at radius 3 is 0.978 bits per heavy atom. The third-order valence-electron chi connectivity index (χ3n) is 9.33. The summed E-state index contributed by atoms with van der Waals surface area (Å²) in [5.41, 5.74) is 4.03. The lowest BCUT2D eigenvalue weighted by molar-refractivity contribution is -0.134. The Morgan fingerprint density at radius 1 is 0.457 bits per heavy atom. The van der Waals surface area contributed by atoms with Gasteiger partial charge >= 0.3 is 0 Å². The number of hydrogen-bond donors (Lipinski definition) is 1. The average molecular weight is 617 g/mol. The summed E-state index contributed by atoms with van der Waals surface area (Å²) in [4.78, 5) is 36.1. The van der Waals surface area contributed by atoms with Gasteiger partial charge < -0.3 is 14.9 Å². The molecule has 2 aliphatic rings. The molecule has 6 rings (SSSR count). The lowest BCUT2D eigenvalue weighted by Crippen LogP contribution is -2.54. The molecule has 2 aliphatic heterocycles. The van der Waals surface area contributed by atoms with Gasteiger partial charge in [0.15, 0.2) is 0 Å². The van der Waals surface area contributed by atoms with E-state index in [-0.39, 0.29) is 23.7 Å². The van der Waals surface area contributed by atoms with Crippen LogP contribution in [0.15, 0.2) is 121 Å². The fourth-order valence-electron chi connectivity index (χ4n) is 6.86. The van der Waals surface area contributed by atoms with Crippen LogP contribution in [0, 0.1) is 0 Å². The number of aliphatic hydroxyl groups excluding tert-OH is 1. The van der Waals surface area contributed by atoms with E-state index in [1.165, 1.54) is 0 Å². The van der Waals surface area contributed by atoms with Gasteiger partial charge in [0.25, 0.3) is 0 Å². The van der Waals surface area contributed by atoms with Crippen molar-refractivity contribution in [1.82, 2.24) is 19.6 Å². The molecular formula is C39H44N4O3. The number of aliphatic hydroxyl groups is 1. The lowest BCUT2D eigenvalue weighted by atomic mass is 9.90. The standard InChI is InChI=1S/C39H44N4O3/c44-35(29-40-21-25-42(26-22-40)38(45)36(31-13-5-1-6-14-31)32-15-7-2-8-16-32)30-41-23-27-43(28-24-41)39(46)37(33-17-9-3-10-18-33)34-19-11-4-12-20-34/h1-20,35-37,44H,21-30H2. The highest BCUT2D eigenvalue weighted by Crippen LogP contribution is 2.29. The number of carbonyl (C=O) groups excluding carboxylic acids is 2. The minimum atomic E-state index is -0.493. The van der Waals surface area contributed by atoms with E-state index in [0.717, 1.165) is 48.4 Å². The van der Waals surface area contributed by atoms with Crippen LogP contribution in [0.4, 0.5) is 0 Å². The fourth-order valence-corrected chi connectivity index (χ4v) is 6.86. The Labute approximate surface area is 272 Å². The van der Waals surface area contributed by atoms with Gasteiger partial charge in [-0.15, -0.1) is 0 Å². The van der Waals surface area contributed by atoms with Crippen molar-refractivity contribution in [3.8, 4) is 0 Å². The zero-order valence-electron chi connectivity index (χ0n) is 26.4. The maximum Gasteiger partial charge on any atom is 0.234 e. The van der Waals surface area contributed by atoms with Crippen LogP contribution in [0.5, 0.6) is 0 Å². The summed E-state index contributed by atoms with van der Waals surface area (Å²) in [7, 11) is 0. The van der Waals surface area contributed by atoms with Crippen LogP contribution in [0.2, 0.25) is 0 Å². The van der Waals surface area contributed by atoms with E-state index < -0.39 is 6.10 Å². The maximum atomic E-state index is 13.8. The first-order chi connectivity index (χ1) is 22.6. The number of benzene rings is 4. The third-order valence-corrected chi connectivity index (χ3v) is 9.33. The lowest BCUT2D eigenvalue weighted by Gasteiger charge is -2.39. The van der Waals surface area contributed by atoms with E-state index in [9.17, 15) is 14.7 Å². The molecule has 1 N–H and O–H groups in total. The first-order valence-electron chi connectivity index (χ1n) is 16.5. The Bertz CT molecular complexity index is 1330. The topological polar surface area (TPSA) is 67.3 Å². The zero-order valence-corrected chi connectivity index (χ0v) is 26.4. The molecule has 2 saturated heterocycles. The number of amides is 2. The molecule has 4 aromatic carbocycles. The molecule has 0 unspecified atom stereocenters. The Balaban J connectivity index is 0.983. The highest BCUT2D eigenvalue weighted by atomic mass is 16.3. The number of carbonyl (C=O) groups is 2. The van der Waals surface area contributed by atoms with Crippen molar-refractivity contribution in [3.05, 3.63) is 144 Å². The molecule has 2 amide bonds. The van der Waals surface area contributed by atoms with Gasteiger partial charge in [0, 0.05) is 65.4 Å². The summed E-state index contributed by atoms with van der Waals surface area (Å²) in [6.45, 7) is 6.68. The van der Waals surface area contributed by atoms with E-state index in [2.05, 4.69) is 9.80 Å². The van der Waals surface area contributed by atoms with E-state index in [1.54, 1.807) is 0 Å². The molecule has 4 aromatic rings. The van der Waals surface area contributed by atoms with Gasteiger partial charge in [0.1, 0.15) is 0 Å². The summed E-state index contributed by atoms with van der Waals surface area (Å²) in [5.74, 6) is -0.375. The van der Waals surface area contributed by atoms with Crippen molar-refractivity contribution in [3.63, 3.8) is 0 Å². The Morgan fingerprint density at radius 2 is 0.717 bits per heavy atom. The molecule has 7 nitrogen and oxygen atoms in total. The molecule has 0 radical (unpaired) electrons. The van der Waals surface area contributed by atoms with Gasteiger partial charge in [-0.05, 0) is 22.3 Å². The number of nitrogens with zero attached hydrogens (tertiary/aromatic N) is 4. The minimum absolute atomic E-state index is 0.131. The summed E-state index contributed by atoms with van der Waals surface area (Å²) in [6, 6.07) is 40.1. The summed E-state index contributed by atoms with van der Waals surface area (Å²) >= 11 is 0. The van der Waals surface area contributed by atoms with Crippen molar-refractivity contribution in [2.75, 3.05) is 65.4 Å². The molecule has 0 saturated carbocycles. The molecule has 0 atom stereocenters. The summed E-state index contributed by atoms with van der Waals surface area (Å²) in [5, 5.41) is 11.0. The second kappa shape index (κ2) is 15.3. The van der Waals surface area contributed by atoms with Crippen molar-refractivity contribution in [2.45, 2.75) is 17.9 Å². The molecule has 2 fully saturated rings. The molecule has 0 bridgehead atoms. The fraction of sp³-hybridized carbons (Fsp3) is 0.333. The van der Waals surface area contributed by atoms with E-state index >= 15 is 0 Å². The SMILES string of the molecule is O=C(C(c1ccccc1)c1ccccc1)N1CCN(CC(O)CN2CCN(C(=O)C(c3ccccc3)c3ccccc3)CC2)CC1. The summed E-state index contributed by atoms with van der Waals surface area (Å²) < 4.78 is 0. The normalized spacial score (nSPS) is 16.3. The highest BCUT2D eigenvalue weighted by Gasteiger charge is 2.32. The van der Waals surface area contributed by atoms with Crippen LogP contribution in [0.25, 0.3) is 0 Å². The van der Waals surface area contributed by atoms with Crippen LogP contribution in [0.1, 0.15) is 34.1 Å². The number of rotatable bonds is 10. The molecule has 238 valence electrons. The van der Waals surface area contributed by atoms with Gasteiger partial charge in [-0.3, -0.25) is 19.4 Å². The van der Waals surface area contributed by atoms with Crippen LogP contribution in [-0.2, 0) is 9.59 Å². The molecule has 0 aromatic heterocycles. The van der Waals surface area contributed by atoms with E-state index in [4.69, 9.17) is 0 Å². The highest BCUT2D eigenvalue weighted by molar-refractivity contribution is 5.88. The van der Waals surface area contributed by atoms with Crippen LogP contribution in [0.3, 0.4) is 0 Å². The largest absolute Gasteiger partial charge is 0.390 e. The van der Waals surface area contributed by atoms with E-state index in [0.29, 0.717) is 39.3 Å². The van der Waals surface area contributed by atoms with Gasteiger partial charge in [-0.1, -0.05) is 121 Å².